The predicted octanol–water partition coefficient (Wildman–Crippen LogP) is 2.40. The van der Waals surface area contributed by atoms with E-state index < -0.39 is 21.0 Å². The van der Waals surface area contributed by atoms with E-state index in [0.717, 1.165) is 26.3 Å². The number of aryl methyl sites for hydroxylation is 1. The first-order chi connectivity index (χ1) is 12.8. The third-order valence-corrected chi connectivity index (χ3v) is 6.31. The van der Waals surface area contributed by atoms with Crippen LogP contribution in [0.1, 0.15) is 5.56 Å². The molecule has 27 heavy (non-hydrogen) atoms. The lowest BCUT2D eigenvalue weighted by Gasteiger charge is -2.02. The maximum atomic E-state index is 12.8. The van der Waals surface area contributed by atoms with E-state index in [1.165, 1.54) is 12.1 Å². The van der Waals surface area contributed by atoms with Crippen molar-refractivity contribution in [1.82, 2.24) is 10.3 Å². The number of fused-ring (bicyclic) bond motifs is 1. The molecule has 2 aromatic heterocycles. The highest BCUT2D eigenvalue weighted by Crippen LogP contribution is 2.29. The summed E-state index contributed by atoms with van der Waals surface area (Å²) in [6.45, 7) is 1.92. The molecule has 0 spiro atoms. The summed E-state index contributed by atoms with van der Waals surface area (Å²) in [7, 11) is -4.29. The highest BCUT2D eigenvalue weighted by molar-refractivity contribution is 7.92. The summed E-state index contributed by atoms with van der Waals surface area (Å²) >= 11 is 7.00. The number of nitrogens with zero attached hydrogens (tertiary/aromatic N) is 3. The quantitative estimate of drug-likeness (QED) is 0.505. The standard InChI is InChI=1S/C16H11ClN4O4S2/c1-9-2-7-13-12(8-9)18-16(26-13)19-27(23,24)14-15(22)25-20-21(14)11-5-3-10(17)4-6-11/h2-8H,1H3,(H-,18,19,20,22). The third-order valence-electron chi connectivity index (χ3n) is 3.66. The summed E-state index contributed by atoms with van der Waals surface area (Å²) in [5.74, 6) is -1.09. The molecule has 0 saturated heterocycles. The average Bonchev–Trinajstić information content (AvgIpc) is 3.18. The molecule has 1 N–H and O–H groups in total. The Morgan fingerprint density at radius 1 is 1.22 bits per heavy atom. The zero-order chi connectivity index (χ0) is 19.2. The fourth-order valence-electron chi connectivity index (χ4n) is 2.46. The Bertz CT molecular complexity index is 1250. The highest BCUT2D eigenvalue weighted by Gasteiger charge is 2.34. The fraction of sp³-hybridized carbons (Fsp3) is 0.0625. The SMILES string of the molecule is Cc1ccc2sc(NS(=O)(=O)c3c([O-])on[n+]3-c3ccc(Cl)cc3)nc2c1. The van der Waals surface area contributed by atoms with E-state index in [9.17, 15) is 13.5 Å². The normalized spacial score (nSPS) is 11.8. The second kappa shape index (κ2) is 6.48. The van der Waals surface area contributed by atoms with Crippen molar-refractivity contribution in [1.29, 1.82) is 0 Å². The van der Waals surface area contributed by atoms with Crippen LogP contribution in [0.15, 0.2) is 52.0 Å². The van der Waals surface area contributed by atoms with Crippen molar-refractivity contribution in [2.24, 2.45) is 0 Å². The zero-order valence-electron chi connectivity index (χ0n) is 13.7. The number of benzene rings is 2. The minimum atomic E-state index is -4.29. The Morgan fingerprint density at radius 3 is 2.70 bits per heavy atom. The molecular formula is C16H11ClN4O4S2. The molecule has 0 aliphatic rings. The van der Waals surface area contributed by atoms with Crippen LogP contribution in [0.25, 0.3) is 15.9 Å². The number of aromatic nitrogens is 3. The molecule has 8 nitrogen and oxygen atoms in total. The van der Waals surface area contributed by atoms with Crippen LogP contribution in [-0.2, 0) is 10.0 Å². The minimum Gasteiger partial charge on any atom is -0.538 e. The van der Waals surface area contributed by atoms with E-state index in [0.29, 0.717) is 16.2 Å². The van der Waals surface area contributed by atoms with Crippen molar-refractivity contribution in [2.75, 3.05) is 4.72 Å². The van der Waals surface area contributed by atoms with Crippen molar-refractivity contribution in [2.45, 2.75) is 11.9 Å². The smallest absolute Gasteiger partial charge is 0.373 e. The third kappa shape index (κ3) is 3.34. The van der Waals surface area contributed by atoms with E-state index in [-0.39, 0.29) is 5.13 Å². The molecule has 138 valence electrons. The Morgan fingerprint density at radius 2 is 1.96 bits per heavy atom. The fourth-order valence-corrected chi connectivity index (χ4v) is 4.77. The Balaban J connectivity index is 1.75. The number of halogens is 1. The van der Waals surface area contributed by atoms with Gasteiger partial charge in [-0.15, -0.1) is 0 Å². The van der Waals surface area contributed by atoms with Gasteiger partial charge in [0, 0.05) is 17.2 Å². The number of thiazole rings is 1. The molecule has 0 amide bonds. The van der Waals surface area contributed by atoms with Crippen molar-refractivity contribution >= 4 is 48.3 Å². The summed E-state index contributed by atoms with van der Waals surface area (Å²) < 4.78 is 34.2. The second-order valence-corrected chi connectivity index (χ2v) is 8.71. The van der Waals surface area contributed by atoms with Crippen LogP contribution in [0.3, 0.4) is 0 Å². The lowest BCUT2D eigenvalue weighted by atomic mass is 10.2. The molecule has 0 aliphatic carbocycles. The van der Waals surface area contributed by atoms with Crippen LogP contribution in [0.4, 0.5) is 5.13 Å². The van der Waals surface area contributed by atoms with E-state index in [2.05, 4.69) is 19.5 Å². The summed E-state index contributed by atoms with van der Waals surface area (Å²) in [4.78, 5) is 4.26. The van der Waals surface area contributed by atoms with Crippen LogP contribution in [0.2, 0.25) is 5.02 Å². The summed E-state index contributed by atoms with van der Waals surface area (Å²) in [6, 6.07) is 11.7. The van der Waals surface area contributed by atoms with Gasteiger partial charge in [-0.3, -0.25) is 0 Å². The molecule has 4 aromatic rings. The number of rotatable bonds is 4. The van der Waals surface area contributed by atoms with E-state index in [1.807, 2.05) is 25.1 Å². The molecule has 4 rings (SSSR count). The van der Waals surface area contributed by atoms with Gasteiger partial charge in [0.15, 0.2) is 11.1 Å². The topological polar surface area (TPSA) is 112 Å². The molecule has 2 heterocycles. The molecule has 0 unspecified atom stereocenters. The number of sulfonamides is 1. The van der Waals surface area contributed by atoms with Crippen molar-refractivity contribution in [3.8, 4) is 11.6 Å². The van der Waals surface area contributed by atoms with Crippen LogP contribution >= 0.6 is 22.9 Å². The first-order valence-corrected chi connectivity index (χ1v) is 10.3. The predicted molar refractivity (Wildman–Crippen MR) is 97.7 cm³/mol. The lowest BCUT2D eigenvalue weighted by molar-refractivity contribution is -0.706. The monoisotopic (exact) mass is 422 g/mol. The molecule has 2 aromatic carbocycles. The van der Waals surface area contributed by atoms with Gasteiger partial charge >= 0.3 is 15.0 Å². The van der Waals surface area contributed by atoms with Gasteiger partial charge in [0.2, 0.25) is 5.69 Å². The Labute approximate surface area is 162 Å². The summed E-state index contributed by atoms with van der Waals surface area (Å²) in [5.41, 5.74) is 1.98. The largest absolute Gasteiger partial charge is 0.538 e. The van der Waals surface area contributed by atoms with Gasteiger partial charge in [0.05, 0.1) is 15.5 Å². The number of hydrogen-bond acceptors (Lipinski definition) is 7. The number of anilines is 1. The van der Waals surface area contributed by atoms with Crippen molar-refractivity contribution in [3.63, 3.8) is 0 Å². The van der Waals surface area contributed by atoms with Crippen molar-refractivity contribution in [3.05, 3.63) is 53.1 Å². The zero-order valence-corrected chi connectivity index (χ0v) is 16.1. The van der Waals surface area contributed by atoms with Gasteiger partial charge in [-0.05, 0) is 41.4 Å². The summed E-state index contributed by atoms with van der Waals surface area (Å²) in [6.07, 6.45) is 0. The molecule has 11 heteroatoms. The first kappa shape index (κ1) is 17.7. The molecule has 0 fully saturated rings. The van der Waals surface area contributed by atoms with E-state index in [1.54, 1.807) is 12.1 Å². The van der Waals surface area contributed by atoms with Gasteiger partial charge in [0.25, 0.3) is 0 Å². The van der Waals surface area contributed by atoms with E-state index >= 15 is 0 Å². The maximum Gasteiger partial charge on any atom is 0.373 e. The lowest BCUT2D eigenvalue weighted by Crippen LogP contribution is -2.40. The molecular weight excluding hydrogens is 412 g/mol. The first-order valence-electron chi connectivity index (χ1n) is 7.58. The highest BCUT2D eigenvalue weighted by atomic mass is 35.5. The maximum absolute atomic E-state index is 12.8. The average molecular weight is 423 g/mol. The molecule has 0 aliphatic heterocycles. The van der Waals surface area contributed by atoms with Crippen LogP contribution in [0, 0.1) is 6.92 Å². The van der Waals surface area contributed by atoms with Gasteiger partial charge < -0.3 is 9.63 Å². The van der Waals surface area contributed by atoms with Crippen LogP contribution in [0.5, 0.6) is 5.95 Å². The van der Waals surface area contributed by atoms with Gasteiger partial charge in [-0.2, -0.15) is 8.42 Å². The van der Waals surface area contributed by atoms with Gasteiger partial charge in [0.1, 0.15) is 0 Å². The number of hydrogen-bond donors (Lipinski definition) is 1. The van der Waals surface area contributed by atoms with Crippen molar-refractivity contribution < 1.29 is 22.7 Å². The Hall–Kier alpha value is -2.69. The minimum absolute atomic E-state index is 0.138. The molecule has 0 saturated carbocycles. The molecule has 0 bridgehead atoms. The van der Waals surface area contributed by atoms with Gasteiger partial charge in [-0.1, -0.05) is 29.0 Å². The number of nitrogens with one attached hydrogen (secondary N) is 1. The van der Waals surface area contributed by atoms with Gasteiger partial charge in [-0.25, -0.2) is 9.71 Å². The molecule has 0 atom stereocenters. The van der Waals surface area contributed by atoms with Crippen LogP contribution < -0.4 is 14.5 Å². The summed E-state index contributed by atoms with van der Waals surface area (Å²) in [5, 5.41) is 15.5. The second-order valence-electron chi connectivity index (χ2n) is 5.65. The van der Waals surface area contributed by atoms with E-state index in [4.69, 9.17) is 11.6 Å². The Kier molecular flexibility index (Phi) is 4.25. The van der Waals surface area contributed by atoms with Crippen LogP contribution in [-0.4, -0.2) is 18.7 Å². The molecule has 0 radical (unpaired) electrons.